The van der Waals surface area contributed by atoms with E-state index in [1.807, 2.05) is 44.2 Å². The third-order valence-corrected chi connectivity index (χ3v) is 9.72. The largest absolute Gasteiger partial charge is 0.352 e. The maximum Gasteiger partial charge on any atom is 0.264 e. The second kappa shape index (κ2) is 15.6. The number of carbonyl (C=O) groups is 2. The summed E-state index contributed by atoms with van der Waals surface area (Å²) in [5.41, 5.74) is 1.62. The van der Waals surface area contributed by atoms with Crippen molar-refractivity contribution in [3.63, 3.8) is 0 Å². The normalized spacial score (nSPS) is 12.6. The van der Waals surface area contributed by atoms with Gasteiger partial charge in [-0.05, 0) is 66.9 Å². The fraction of sp³-hybridized carbons (Fsp3) is 0.235. The lowest BCUT2D eigenvalue weighted by atomic mass is 10.0. The molecule has 0 aliphatic rings. The topological polar surface area (TPSA) is 86.8 Å². The summed E-state index contributed by atoms with van der Waals surface area (Å²) in [6.45, 7) is 3.21. The summed E-state index contributed by atoms with van der Waals surface area (Å²) < 4.78 is 29.1. The molecule has 0 radical (unpaired) electrons. The third-order valence-electron chi connectivity index (χ3n) is 7.26. The lowest BCUT2D eigenvalue weighted by molar-refractivity contribution is -0.140. The lowest BCUT2D eigenvalue weighted by Crippen LogP contribution is -2.54. The molecule has 0 unspecified atom stereocenters. The molecule has 4 rings (SSSR count). The van der Waals surface area contributed by atoms with Gasteiger partial charge in [0.05, 0.1) is 10.6 Å². The zero-order valence-electron chi connectivity index (χ0n) is 24.9. The number of halogens is 3. The highest BCUT2D eigenvalue weighted by atomic mass is 35.5. The minimum atomic E-state index is -4.28. The number of nitrogens with one attached hydrogen (secondary N) is 1. The summed E-state index contributed by atoms with van der Waals surface area (Å²) in [5, 5.41) is 3.87. The average Bonchev–Trinajstić information content (AvgIpc) is 3.01. The monoisotopic (exact) mass is 685 g/mol. The van der Waals surface area contributed by atoms with Crippen molar-refractivity contribution >= 4 is 62.3 Å². The zero-order valence-corrected chi connectivity index (χ0v) is 28.0. The quantitative estimate of drug-likeness (QED) is 0.159. The van der Waals surface area contributed by atoms with Gasteiger partial charge < -0.3 is 10.2 Å². The first-order valence-electron chi connectivity index (χ1n) is 14.4. The summed E-state index contributed by atoms with van der Waals surface area (Å²) in [6, 6.07) is 27.3. The van der Waals surface area contributed by atoms with Crippen molar-refractivity contribution in [2.75, 3.05) is 10.8 Å². The first-order valence-corrected chi connectivity index (χ1v) is 17.0. The minimum absolute atomic E-state index is 0.000343. The number of anilines is 1. The van der Waals surface area contributed by atoms with Crippen LogP contribution in [0.5, 0.6) is 0 Å². The Bertz CT molecular complexity index is 1700. The Kier molecular flexibility index (Phi) is 11.9. The van der Waals surface area contributed by atoms with Crippen LogP contribution in [0.3, 0.4) is 0 Å². The van der Waals surface area contributed by atoms with Gasteiger partial charge in [-0.15, -0.1) is 0 Å². The summed E-state index contributed by atoms with van der Waals surface area (Å²) in [5.74, 6) is -0.961. The first kappa shape index (κ1) is 34.3. The van der Waals surface area contributed by atoms with Crippen LogP contribution in [0.2, 0.25) is 15.1 Å². The molecular weight excluding hydrogens is 653 g/mol. The van der Waals surface area contributed by atoms with Gasteiger partial charge in [-0.1, -0.05) is 102 Å². The molecule has 0 aliphatic heterocycles. The van der Waals surface area contributed by atoms with E-state index in [0.29, 0.717) is 17.0 Å². The van der Waals surface area contributed by atoms with E-state index in [0.717, 1.165) is 9.87 Å². The SMILES string of the molecule is CC[C@@H](C)NC(=O)[C@H](Cc1ccccc1)N(Cc1cccc(Cl)c1)C(=O)CN(c1cc(Cl)cc(Cl)c1)S(=O)(=O)c1ccccc1. The predicted molar refractivity (Wildman–Crippen MR) is 181 cm³/mol. The van der Waals surface area contributed by atoms with Crippen molar-refractivity contribution < 1.29 is 18.0 Å². The number of amides is 2. The molecular formula is C34H34Cl3N3O4S. The van der Waals surface area contributed by atoms with Crippen LogP contribution >= 0.6 is 34.8 Å². The summed E-state index contributed by atoms with van der Waals surface area (Å²) >= 11 is 18.9. The number of hydrogen-bond acceptors (Lipinski definition) is 4. The second-order valence-corrected chi connectivity index (χ2v) is 13.8. The molecule has 1 N–H and O–H groups in total. The molecule has 4 aromatic carbocycles. The van der Waals surface area contributed by atoms with Crippen LogP contribution < -0.4 is 9.62 Å². The number of rotatable bonds is 13. The molecule has 11 heteroatoms. The Hall–Kier alpha value is -3.56. The molecule has 0 fully saturated rings. The second-order valence-electron chi connectivity index (χ2n) is 10.6. The highest BCUT2D eigenvalue weighted by Crippen LogP contribution is 2.30. The third kappa shape index (κ3) is 9.23. The van der Waals surface area contributed by atoms with Gasteiger partial charge in [0, 0.05) is 34.1 Å². The van der Waals surface area contributed by atoms with Gasteiger partial charge >= 0.3 is 0 Å². The zero-order chi connectivity index (χ0) is 32.6. The van der Waals surface area contributed by atoms with Crippen molar-refractivity contribution in [1.29, 1.82) is 0 Å². The van der Waals surface area contributed by atoms with E-state index in [1.54, 1.807) is 42.5 Å². The van der Waals surface area contributed by atoms with E-state index in [1.165, 1.54) is 35.2 Å². The van der Waals surface area contributed by atoms with E-state index in [-0.39, 0.29) is 45.5 Å². The van der Waals surface area contributed by atoms with Crippen LogP contribution in [0.4, 0.5) is 5.69 Å². The molecule has 236 valence electrons. The van der Waals surface area contributed by atoms with Crippen LogP contribution in [0.15, 0.2) is 108 Å². The maximum atomic E-state index is 14.5. The molecule has 0 saturated carbocycles. The Morgan fingerprint density at radius 2 is 1.38 bits per heavy atom. The molecule has 45 heavy (non-hydrogen) atoms. The Morgan fingerprint density at radius 1 is 0.778 bits per heavy atom. The Balaban J connectivity index is 1.83. The highest BCUT2D eigenvalue weighted by Gasteiger charge is 2.35. The standard InChI is InChI=1S/C34H34Cl3N3O4S/c1-3-24(2)38-34(42)32(18-25-11-6-4-7-12-25)39(22-26-13-10-14-27(35)17-26)33(41)23-40(30-20-28(36)19-29(37)21-30)45(43,44)31-15-8-5-9-16-31/h4-17,19-21,24,32H,3,18,22-23H2,1-2H3,(H,38,42)/t24-,32+/m1/s1. The number of nitrogens with zero attached hydrogens (tertiary/aromatic N) is 2. The highest BCUT2D eigenvalue weighted by molar-refractivity contribution is 7.92. The van der Waals surface area contributed by atoms with E-state index >= 15 is 0 Å². The smallest absolute Gasteiger partial charge is 0.264 e. The van der Waals surface area contributed by atoms with Gasteiger partial charge in [-0.25, -0.2) is 8.42 Å². The molecule has 0 aliphatic carbocycles. The average molecular weight is 687 g/mol. The van der Waals surface area contributed by atoms with Crippen molar-refractivity contribution in [2.24, 2.45) is 0 Å². The van der Waals surface area contributed by atoms with Crippen LogP contribution in [0, 0.1) is 0 Å². The molecule has 0 saturated heterocycles. The summed E-state index contributed by atoms with van der Waals surface area (Å²) in [7, 11) is -4.28. The molecule has 7 nitrogen and oxygen atoms in total. The molecule has 0 bridgehead atoms. The first-order chi connectivity index (χ1) is 21.5. The van der Waals surface area contributed by atoms with Crippen LogP contribution in [0.25, 0.3) is 0 Å². The van der Waals surface area contributed by atoms with Crippen molar-refractivity contribution in [2.45, 2.75) is 50.2 Å². The van der Waals surface area contributed by atoms with Crippen molar-refractivity contribution in [3.05, 3.63) is 129 Å². The summed E-state index contributed by atoms with van der Waals surface area (Å²) in [4.78, 5) is 29.8. The molecule has 2 amide bonds. The van der Waals surface area contributed by atoms with Gasteiger partial charge in [0.25, 0.3) is 10.0 Å². The van der Waals surface area contributed by atoms with E-state index in [4.69, 9.17) is 34.8 Å². The van der Waals surface area contributed by atoms with Gasteiger partial charge in [0.15, 0.2) is 0 Å². The summed E-state index contributed by atoms with van der Waals surface area (Å²) in [6.07, 6.45) is 0.883. The predicted octanol–water partition coefficient (Wildman–Crippen LogP) is 7.40. The lowest BCUT2D eigenvalue weighted by Gasteiger charge is -2.34. The Morgan fingerprint density at radius 3 is 1.98 bits per heavy atom. The van der Waals surface area contributed by atoms with Gasteiger partial charge in [-0.2, -0.15) is 0 Å². The van der Waals surface area contributed by atoms with E-state index in [9.17, 15) is 18.0 Å². The van der Waals surface area contributed by atoms with E-state index < -0.39 is 28.5 Å². The molecule has 0 aromatic heterocycles. The molecule has 2 atom stereocenters. The number of carbonyl (C=O) groups excluding carboxylic acids is 2. The van der Waals surface area contributed by atoms with Crippen molar-refractivity contribution in [1.82, 2.24) is 10.2 Å². The fourth-order valence-corrected chi connectivity index (χ4v) is 6.91. The molecule has 4 aromatic rings. The van der Waals surface area contributed by atoms with E-state index in [2.05, 4.69) is 5.32 Å². The van der Waals surface area contributed by atoms with Gasteiger partial charge in [0.1, 0.15) is 12.6 Å². The van der Waals surface area contributed by atoms with Crippen molar-refractivity contribution in [3.8, 4) is 0 Å². The van der Waals surface area contributed by atoms with Gasteiger partial charge in [-0.3, -0.25) is 13.9 Å². The Labute approximate surface area is 279 Å². The van der Waals surface area contributed by atoms with Crippen LogP contribution in [-0.2, 0) is 32.6 Å². The number of sulfonamides is 1. The van der Waals surface area contributed by atoms with Gasteiger partial charge in [0.2, 0.25) is 11.8 Å². The molecule has 0 spiro atoms. The molecule has 0 heterocycles. The number of benzene rings is 4. The fourth-order valence-electron chi connectivity index (χ4n) is 4.76. The minimum Gasteiger partial charge on any atom is -0.352 e. The van der Waals surface area contributed by atoms with Crippen LogP contribution in [0.1, 0.15) is 31.4 Å². The maximum absolute atomic E-state index is 14.5. The van der Waals surface area contributed by atoms with Crippen LogP contribution in [-0.4, -0.2) is 43.8 Å². The number of hydrogen-bond donors (Lipinski definition) is 1.